The summed E-state index contributed by atoms with van der Waals surface area (Å²) in [6.07, 6.45) is 10.1. The van der Waals surface area contributed by atoms with Crippen molar-refractivity contribution in [3.8, 4) is 11.6 Å². The molecule has 0 bridgehead atoms. The molecule has 318 valence electrons. The van der Waals surface area contributed by atoms with Gasteiger partial charge in [0.1, 0.15) is 36.4 Å². The predicted octanol–water partition coefficient (Wildman–Crippen LogP) is 4.19. The monoisotopic (exact) mass is 832 g/mol. The standard InChI is InChI=1S/C43H56N6O9S/c1-24-7-5-6-8-28-22-43(28,40(52)47-59(54,55)42(3)12-13-42)46-37(50)34-21-30(57-38-32-9-10-33-36(31(32)11-14-44-38)56-16-15-48(33)4)23-49(34)39(51)35(25(2)17-24)45-41(53)58-29-19-26-18-27(26)20-29/h6,8-11,14,24-30,34-35H,5,7,12-13,15-23H2,1-4H3,(H,45,53)(H,46,50)(H,47,52). The Bertz CT molecular complexity index is 2190. The van der Waals surface area contributed by atoms with Crippen LogP contribution in [0, 0.1) is 29.6 Å². The number of hydrogen-bond acceptors (Lipinski definition) is 11. The maximum atomic E-state index is 15.0. The molecule has 9 rings (SSSR count). The number of carbonyl (C=O) groups is 4. The van der Waals surface area contributed by atoms with E-state index in [-0.39, 0.29) is 37.3 Å². The quantitative estimate of drug-likeness (QED) is 0.340. The van der Waals surface area contributed by atoms with Crippen molar-refractivity contribution in [3.63, 3.8) is 0 Å². The summed E-state index contributed by atoms with van der Waals surface area (Å²) in [4.78, 5) is 65.3. The van der Waals surface area contributed by atoms with Gasteiger partial charge in [0.2, 0.25) is 27.7 Å². The third kappa shape index (κ3) is 7.58. The van der Waals surface area contributed by atoms with Gasteiger partial charge < -0.3 is 34.6 Å². The van der Waals surface area contributed by atoms with Gasteiger partial charge in [0, 0.05) is 36.4 Å². The zero-order chi connectivity index (χ0) is 41.4. The van der Waals surface area contributed by atoms with Crippen LogP contribution in [0.3, 0.4) is 0 Å². The van der Waals surface area contributed by atoms with Crippen molar-refractivity contribution in [2.75, 3.05) is 31.6 Å². The van der Waals surface area contributed by atoms with E-state index in [1.807, 2.05) is 44.3 Å². The molecule has 1 aromatic heterocycles. The van der Waals surface area contributed by atoms with Gasteiger partial charge in [-0.3, -0.25) is 19.1 Å². The minimum Gasteiger partial charge on any atom is -0.489 e. The van der Waals surface area contributed by atoms with Crippen molar-refractivity contribution in [2.24, 2.45) is 29.6 Å². The fourth-order valence-electron chi connectivity index (χ4n) is 9.96. The lowest BCUT2D eigenvalue weighted by molar-refractivity contribution is -0.142. The van der Waals surface area contributed by atoms with E-state index in [2.05, 4.69) is 32.2 Å². The summed E-state index contributed by atoms with van der Waals surface area (Å²) in [6, 6.07) is 3.63. The summed E-state index contributed by atoms with van der Waals surface area (Å²) in [7, 11) is -1.99. The molecule has 4 heterocycles. The molecule has 4 aliphatic carbocycles. The third-order valence-corrected chi connectivity index (χ3v) is 16.4. The summed E-state index contributed by atoms with van der Waals surface area (Å²) >= 11 is 0. The molecule has 4 saturated carbocycles. The zero-order valence-electron chi connectivity index (χ0n) is 34.3. The van der Waals surface area contributed by atoms with Crippen LogP contribution in [-0.2, 0) is 29.1 Å². The Hall–Kier alpha value is -4.60. The number of sulfonamides is 1. The van der Waals surface area contributed by atoms with Crippen LogP contribution in [0.15, 0.2) is 36.5 Å². The minimum atomic E-state index is -4.00. The number of carbonyl (C=O) groups excluding carboxylic acids is 4. The van der Waals surface area contributed by atoms with Gasteiger partial charge in [0.25, 0.3) is 5.91 Å². The average molecular weight is 833 g/mol. The molecule has 3 N–H and O–H groups in total. The highest BCUT2D eigenvalue weighted by Crippen LogP contribution is 2.53. The van der Waals surface area contributed by atoms with E-state index in [0.717, 1.165) is 42.6 Å². The topological polar surface area (TPSA) is 186 Å². The van der Waals surface area contributed by atoms with Gasteiger partial charge in [-0.05, 0) is 107 Å². The summed E-state index contributed by atoms with van der Waals surface area (Å²) in [5, 5.41) is 7.40. The highest BCUT2D eigenvalue weighted by molar-refractivity contribution is 7.91. The van der Waals surface area contributed by atoms with E-state index < -0.39 is 68.2 Å². The number of alkyl carbamates (subject to hydrolysis) is 1. The van der Waals surface area contributed by atoms with Crippen LogP contribution in [-0.4, -0.2) is 103 Å². The molecule has 3 aliphatic heterocycles. The Morgan fingerprint density at radius 2 is 1.80 bits per heavy atom. The van der Waals surface area contributed by atoms with E-state index in [0.29, 0.717) is 55.4 Å². The van der Waals surface area contributed by atoms with Crippen molar-refractivity contribution in [3.05, 3.63) is 36.5 Å². The number of rotatable bonds is 7. The third-order valence-electron chi connectivity index (χ3n) is 14.2. The first-order valence-electron chi connectivity index (χ1n) is 21.4. The molecule has 5 fully saturated rings. The molecule has 0 spiro atoms. The molecule has 15 nitrogen and oxygen atoms in total. The van der Waals surface area contributed by atoms with Gasteiger partial charge >= 0.3 is 6.09 Å². The lowest BCUT2D eigenvalue weighted by Gasteiger charge is -2.33. The Morgan fingerprint density at radius 3 is 2.56 bits per heavy atom. The van der Waals surface area contributed by atoms with Gasteiger partial charge in [-0.2, -0.15) is 0 Å². The van der Waals surface area contributed by atoms with Crippen molar-refractivity contribution < 1.29 is 41.8 Å². The number of pyridine rings is 1. The van der Waals surface area contributed by atoms with Crippen molar-refractivity contribution in [1.82, 2.24) is 25.2 Å². The summed E-state index contributed by atoms with van der Waals surface area (Å²) in [6.45, 7) is 6.93. The first kappa shape index (κ1) is 39.8. The van der Waals surface area contributed by atoms with Crippen LogP contribution in [0.25, 0.3) is 10.8 Å². The first-order chi connectivity index (χ1) is 28.1. The molecule has 9 atom stereocenters. The van der Waals surface area contributed by atoms with E-state index in [9.17, 15) is 27.6 Å². The molecule has 9 unspecified atom stereocenters. The Balaban J connectivity index is 1.03. The van der Waals surface area contributed by atoms with Crippen molar-refractivity contribution in [2.45, 2.75) is 120 Å². The van der Waals surface area contributed by atoms with Crippen LogP contribution in [0.2, 0.25) is 0 Å². The van der Waals surface area contributed by atoms with Crippen molar-refractivity contribution in [1.29, 1.82) is 0 Å². The molecule has 59 heavy (non-hydrogen) atoms. The Labute approximate surface area is 345 Å². The molecule has 1 saturated heterocycles. The molecule has 1 aromatic carbocycles. The lowest BCUT2D eigenvalue weighted by Crippen LogP contribution is -2.59. The maximum Gasteiger partial charge on any atom is 0.408 e. The van der Waals surface area contributed by atoms with E-state index in [1.54, 1.807) is 13.1 Å². The normalized spacial score (nSPS) is 34.7. The second-order valence-corrected chi connectivity index (χ2v) is 20.9. The molecule has 16 heteroatoms. The minimum absolute atomic E-state index is 0.00405. The second-order valence-electron chi connectivity index (χ2n) is 18.7. The Morgan fingerprint density at radius 1 is 1.02 bits per heavy atom. The van der Waals surface area contributed by atoms with Crippen LogP contribution >= 0.6 is 0 Å². The number of benzene rings is 1. The van der Waals surface area contributed by atoms with Gasteiger partial charge in [0.05, 0.1) is 23.5 Å². The smallest absolute Gasteiger partial charge is 0.408 e. The molecule has 0 radical (unpaired) electrons. The number of hydrogen-bond donors (Lipinski definition) is 3. The van der Waals surface area contributed by atoms with E-state index in [1.165, 1.54) is 11.3 Å². The van der Waals surface area contributed by atoms with E-state index in [4.69, 9.17) is 14.2 Å². The van der Waals surface area contributed by atoms with E-state index >= 15 is 0 Å². The zero-order valence-corrected chi connectivity index (χ0v) is 35.1. The number of aromatic nitrogens is 1. The van der Waals surface area contributed by atoms with Gasteiger partial charge in [-0.15, -0.1) is 0 Å². The largest absolute Gasteiger partial charge is 0.489 e. The summed E-state index contributed by atoms with van der Waals surface area (Å²) in [5.74, 6) is -0.185. The highest BCUT2D eigenvalue weighted by atomic mass is 32.2. The molecule has 2 aromatic rings. The fourth-order valence-corrected chi connectivity index (χ4v) is 11.3. The SMILES string of the molecule is CC1CCC=CC2CC2(C(=O)NS(=O)(=O)C2(C)CC2)NC(=O)C2CC(Oc3nccc4c5c(ccc34)N(C)CCO5)CN2C(=O)C(NC(=O)OC2CC3CC3C2)C(C)C1. The number of allylic oxidation sites excluding steroid dienone is 1. The fraction of sp³-hybridized carbons (Fsp3) is 0.651. The molecule has 4 amide bonds. The maximum absolute atomic E-state index is 15.0. The number of likely N-dealkylation sites (N-methyl/N-ethyl adjacent to an activating group) is 1. The number of amides is 4. The van der Waals surface area contributed by atoms with Crippen LogP contribution in [0.1, 0.15) is 85.0 Å². The van der Waals surface area contributed by atoms with Crippen LogP contribution in [0.5, 0.6) is 11.6 Å². The van der Waals surface area contributed by atoms with Crippen LogP contribution < -0.4 is 29.7 Å². The summed E-state index contributed by atoms with van der Waals surface area (Å²) in [5.41, 5.74) is -0.573. The van der Waals surface area contributed by atoms with Crippen LogP contribution in [0.4, 0.5) is 10.5 Å². The van der Waals surface area contributed by atoms with Gasteiger partial charge in [-0.25, -0.2) is 18.2 Å². The Kier molecular flexibility index (Phi) is 10.0. The number of ether oxygens (including phenoxy) is 3. The molecular formula is C43H56N6O9S. The lowest BCUT2D eigenvalue weighted by atomic mass is 9.88. The number of nitrogens with one attached hydrogen (secondary N) is 3. The van der Waals surface area contributed by atoms with Gasteiger partial charge in [0.15, 0.2) is 5.75 Å². The van der Waals surface area contributed by atoms with Gasteiger partial charge in [-0.1, -0.05) is 26.0 Å². The first-order valence-corrected chi connectivity index (χ1v) is 22.9. The number of fused-ring (bicyclic) bond motifs is 6. The summed E-state index contributed by atoms with van der Waals surface area (Å²) < 4.78 is 46.3. The average Bonchev–Trinajstić information content (AvgIpc) is 4.15. The predicted molar refractivity (Wildman–Crippen MR) is 218 cm³/mol. The number of nitrogens with zero attached hydrogens (tertiary/aromatic N) is 3. The second kappa shape index (κ2) is 14.8. The molecule has 7 aliphatic rings. The molecular weight excluding hydrogens is 777 g/mol. The number of anilines is 1. The highest BCUT2D eigenvalue weighted by Gasteiger charge is 2.63. The van der Waals surface area contributed by atoms with Crippen molar-refractivity contribution >= 4 is 50.3 Å².